The number of halogens is 1. The molecule has 23 heavy (non-hydrogen) atoms. The number of fused-ring (bicyclic) bond motifs is 1. The van der Waals surface area contributed by atoms with Gasteiger partial charge in [-0.25, -0.2) is 9.50 Å². The molecule has 1 N–H and O–H groups in total. The number of amides is 1. The second kappa shape index (κ2) is 6.50. The van der Waals surface area contributed by atoms with Gasteiger partial charge in [0.05, 0.1) is 10.5 Å². The number of aryl methyl sites for hydroxylation is 1. The Hall–Kier alpha value is -2.21. The Kier molecular flexibility index (Phi) is 4.43. The lowest BCUT2D eigenvalue weighted by Gasteiger charge is -2.16. The molecule has 3 aromatic rings. The molecule has 1 amide bonds. The molecule has 0 bridgehead atoms. The molecule has 1 atom stereocenters. The summed E-state index contributed by atoms with van der Waals surface area (Å²) in [6.45, 7) is 4.10. The van der Waals surface area contributed by atoms with Gasteiger partial charge in [-0.05, 0) is 34.8 Å². The Morgan fingerprint density at radius 1 is 1.35 bits per heavy atom. The van der Waals surface area contributed by atoms with Crippen molar-refractivity contribution in [2.75, 3.05) is 0 Å². The largest absolute Gasteiger partial charge is 0.344 e. The molecule has 5 nitrogen and oxygen atoms in total. The molecule has 6 heteroatoms. The molecule has 0 aliphatic heterocycles. The predicted octanol–water partition coefficient (Wildman–Crippen LogP) is 3.68. The summed E-state index contributed by atoms with van der Waals surface area (Å²) in [7, 11) is 0. The molecule has 0 spiro atoms. The van der Waals surface area contributed by atoms with E-state index in [1.807, 2.05) is 26.0 Å². The van der Waals surface area contributed by atoms with E-state index in [4.69, 9.17) is 0 Å². The Bertz CT molecular complexity index is 841. The molecule has 2 heterocycles. The normalized spacial score (nSPS) is 12.3. The number of carbonyl (C=O) groups is 1. The lowest BCUT2D eigenvalue weighted by molar-refractivity contribution is 0.0930. The highest BCUT2D eigenvalue weighted by Gasteiger charge is 2.17. The average Bonchev–Trinajstić information content (AvgIpc) is 2.96. The number of rotatable bonds is 4. The summed E-state index contributed by atoms with van der Waals surface area (Å²) in [5.41, 5.74) is 3.30. The molecular formula is C17H17BrN4O. The first-order valence-corrected chi connectivity index (χ1v) is 8.24. The van der Waals surface area contributed by atoms with Crippen LogP contribution in [0.1, 0.15) is 41.0 Å². The van der Waals surface area contributed by atoms with Gasteiger partial charge in [0.2, 0.25) is 0 Å². The number of hydrogen-bond acceptors (Lipinski definition) is 3. The quantitative estimate of drug-likeness (QED) is 0.759. The van der Waals surface area contributed by atoms with E-state index in [0.717, 1.165) is 16.5 Å². The number of hydrogen-bond donors (Lipinski definition) is 1. The minimum absolute atomic E-state index is 0.0346. The van der Waals surface area contributed by atoms with Gasteiger partial charge in [-0.15, -0.1) is 0 Å². The monoisotopic (exact) mass is 372 g/mol. The molecular weight excluding hydrogens is 356 g/mol. The molecule has 0 saturated heterocycles. The van der Waals surface area contributed by atoms with Crippen molar-refractivity contribution in [2.45, 2.75) is 26.3 Å². The van der Waals surface area contributed by atoms with Gasteiger partial charge in [0.1, 0.15) is 0 Å². The molecule has 1 aromatic carbocycles. The molecule has 118 valence electrons. The zero-order valence-electron chi connectivity index (χ0n) is 13.0. The second-order valence-corrected chi connectivity index (χ2v) is 6.37. The Balaban J connectivity index is 1.82. The molecule has 0 fully saturated rings. The average molecular weight is 373 g/mol. The van der Waals surface area contributed by atoms with Crippen LogP contribution in [-0.2, 0) is 0 Å². The van der Waals surface area contributed by atoms with Gasteiger partial charge < -0.3 is 5.32 Å². The van der Waals surface area contributed by atoms with E-state index in [-0.39, 0.29) is 11.9 Å². The van der Waals surface area contributed by atoms with E-state index in [1.54, 1.807) is 23.0 Å². The van der Waals surface area contributed by atoms with E-state index in [9.17, 15) is 4.79 Å². The molecule has 2 aromatic heterocycles. The van der Waals surface area contributed by atoms with Crippen LogP contribution in [0.3, 0.4) is 0 Å². The van der Waals surface area contributed by atoms with Crippen LogP contribution >= 0.6 is 15.9 Å². The number of aromatic nitrogens is 3. The molecule has 3 rings (SSSR count). The van der Waals surface area contributed by atoms with E-state index < -0.39 is 0 Å². The van der Waals surface area contributed by atoms with Gasteiger partial charge in [-0.2, -0.15) is 5.10 Å². The third-order valence-corrected chi connectivity index (χ3v) is 4.12. The van der Waals surface area contributed by atoms with Gasteiger partial charge in [0.15, 0.2) is 11.3 Å². The molecule has 0 aliphatic carbocycles. The van der Waals surface area contributed by atoms with Crippen LogP contribution in [0.5, 0.6) is 0 Å². The summed E-state index contributed by atoms with van der Waals surface area (Å²) in [5.74, 6) is -0.195. The lowest BCUT2D eigenvalue weighted by atomic mass is 10.0. The van der Waals surface area contributed by atoms with E-state index >= 15 is 0 Å². The summed E-state index contributed by atoms with van der Waals surface area (Å²) in [5, 5.41) is 7.32. The Morgan fingerprint density at radius 2 is 2.09 bits per heavy atom. The van der Waals surface area contributed by atoms with Crippen LogP contribution in [0.25, 0.3) is 5.65 Å². The van der Waals surface area contributed by atoms with Crippen molar-refractivity contribution >= 4 is 27.5 Å². The van der Waals surface area contributed by atoms with Crippen molar-refractivity contribution in [3.8, 4) is 0 Å². The first-order chi connectivity index (χ1) is 11.1. The zero-order valence-corrected chi connectivity index (χ0v) is 14.5. The van der Waals surface area contributed by atoms with Crippen molar-refractivity contribution in [1.29, 1.82) is 0 Å². The van der Waals surface area contributed by atoms with Gasteiger partial charge in [-0.1, -0.05) is 36.8 Å². The van der Waals surface area contributed by atoms with Gasteiger partial charge in [0, 0.05) is 18.5 Å². The fourth-order valence-electron chi connectivity index (χ4n) is 2.42. The van der Waals surface area contributed by atoms with Crippen LogP contribution in [0.2, 0.25) is 0 Å². The van der Waals surface area contributed by atoms with Crippen LogP contribution in [0.15, 0.2) is 47.2 Å². The van der Waals surface area contributed by atoms with Gasteiger partial charge in [0.25, 0.3) is 5.91 Å². The number of nitrogens with one attached hydrogen (secondary N) is 1. The third-order valence-electron chi connectivity index (χ3n) is 3.71. The van der Waals surface area contributed by atoms with E-state index in [2.05, 4.69) is 43.5 Å². The van der Waals surface area contributed by atoms with Crippen molar-refractivity contribution in [3.63, 3.8) is 0 Å². The van der Waals surface area contributed by atoms with Gasteiger partial charge >= 0.3 is 0 Å². The summed E-state index contributed by atoms with van der Waals surface area (Å²) in [6.07, 6.45) is 4.27. The highest BCUT2D eigenvalue weighted by Crippen LogP contribution is 2.18. The Morgan fingerprint density at radius 3 is 2.78 bits per heavy atom. The summed E-state index contributed by atoms with van der Waals surface area (Å²) in [4.78, 5) is 16.7. The molecule has 0 aliphatic rings. The first kappa shape index (κ1) is 15.7. The third kappa shape index (κ3) is 3.42. The Labute approximate surface area is 142 Å². The minimum Gasteiger partial charge on any atom is -0.344 e. The molecule has 0 radical (unpaired) electrons. The zero-order chi connectivity index (χ0) is 16.4. The molecule has 0 unspecified atom stereocenters. The van der Waals surface area contributed by atoms with Crippen molar-refractivity contribution in [1.82, 2.24) is 19.9 Å². The summed E-state index contributed by atoms with van der Waals surface area (Å²) < 4.78 is 2.40. The fraction of sp³-hybridized carbons (Fsp3) is 0.235. The highest BCUT2D eigenvalue weighted by atomic mass is 79.9. The lowest BCUT2D eigenvalue weighted by Crippen LogP contribution is -2.28. The first-order valence-electron chi connectivity index (χ1n) is 7.45. The van der Waals surface area contributed by atoms with Crippen LogP contribution in [0, 0.1) is 6.92 Å². The molecule has 0 saturated carbocycles. The van der Waals surface area contributed by atoms with E-state index in [1.165, 1.54) is 5.56 Å². The topological polar surface area (TPSA) is 59.3 Å². The van der Waals surface area contributed by atoms with Crippen LogP contribution in [-0.4, -0.2) is 20.5 Å². The van der Waals surface area contributed by atoms with Gasteiger partial charge in [-0.3, -0.25) is 4.79 Å². The fourth-order valence-corrected chi connectivity index (χ4v) is 2.71. The van der Waals surface area contributed by atoms with Crippen molar-refractivity contribution in [2.24, 2.45) is 0 Å². The standard InChI is InChI=1S/C17H17BrN4O/c1-3-14(12-6-4-11(2)5-7-12)20-17(23)15-8-16-19-9-13(18)10-22(16)21-15/h4-10,14H,3H2,1-2H3,(H,20,23)/t14-/m0/s1. The van der Waals surface area contributed by atoms with E-state index in [0.29, 0.717) is 11.3 Å². The smallest absolute Gasteiger partial charge is 0.272 e. The summed E-state index contributed by atoms with van der Waals surface area (Å²) in [6, 6.07) is 9.85. The van der Waals surface area contributed by atoms with Crippen molar-refractivity contribution in [3.05, 3.63) is 64.0 Å². The maximum absolute atomic E-state index is 12.5. The highest BCUT2D eigenvalue weighted by molar-refractivity contribution is 9.10. The maximum atomic E-state index is 12.5. The number of nitrogens with zero attached hydrogens (tertiary/aromatic N) is 3. The second-order valence-electron chi connectivity index (χ2n) is 5.45. The van der Waals surface area contributed by atoms with Crippen molar-refractivity contribution < 1.29 is 4.79 Å². The maximum Gasteiger partial charge on any atom is 0.272 e. The number of carbonyl (C=O) groups excluding carboxylic acids is 1. The van der Waals surface area contributed by atoms with Crippen LogP contribution < -0.4 is 5.32 Å². The predicted molar refractivity (Wildman–Crippen MR) is 92.4 cm³/mol. The van der Waals surface area contributed by atoms with Crippen LogP contribution in [0.4, 0.5) is 0 Å². The summed E-state index contributed by atoms with van der Waals surface area (Å²) >= 11 is 3.34. The minimum atomic E-state index is -0.195. The SMILES string of the molecule is CC[C@H](NC(=O)c1cc2ncc(Br)cn2n1)c1ccc(C)cc1. The number of benzene rings is 1.